The monoisotopic (exact) mass is 212 g/mol. The van der Waals surface area contributed by atoms with E-state index in [1.54, 1.807) is 0 Å². The first kappa shape index (κ1) is 13.0. The van der Waals surface area contributed by atoms with Gasteiger partial charge in [-0.05, 0) is 59.5 Å². The van der Waals surface area contributed by atoms with Crippen molar-refractivity contribution >= 4 is 0 Å². The second kappa shape index (κ2) is 6.49. The van der Waals surface area contributed by atoms with E-state index >= 15 is 0 Å². The molecule has 90 valence electrons. The van der Waals surface area contributed by atoms with Crippen LogP contribution in [0.25, 0.3) is 0 Å². The third-order valence-corrected chi connectivity index (χ3v) is 3.79. The molecule has 0 amide bonds. The SMILES string of the molecule is CCC(C)N(C)C(C)CCCNC1CC1. The molecule has 0 heterocycles. The standard InChI is InChI=1S/C13H28N2/c1-5-11(2)15(4)12(3)7-6-10-14-13-8-9-13/h11-14H,5-10H2,1-4H3. The van der Waals surface area contributed by atoms with E-state index in [0.717, 1.165) is 18.1 Å². The minimum atomic E-state index is 0.719. The lowest BCUT2D eigenvalue weighted by Crippen LogP contribution is -2.36. The van der Waals surface area contributed by atoms with Crippen LogP contribution in [-0.2, 0) is 0 Å². The van der Waals surface area contributed by atoms with Crippen LogP contribution in [0, 0.1) is 0 Å². The molecular formula is C13H28N2. The summed E-state index contributed by atoms with van der Waals surface area (Å²) in [6.45, 7) is 8.15. The maximum Gasteiger partial charge on any atom is 0.00682 e. The van der Waals surface area contributed by atoms with E-state index < -0.39 is 0 Å². The second-order valence-corrected chi connectivity index (χ2v) is 5.14. The fraction of sp³-hybridized carbons (Fsp3) is 1.00. The Morgan fingerprint density at radius 3 is 2.47 bits per heavy atom. The van der Waals surface area contributed by atoms with Gasteiger partial charge in [0.15, 0.2) is 0 Å². The molecule has 2 nitrogen and oxygen atoms in total. The summed E-state index contributed by atoms with van der Waals surface area (Å²) in [5.74, 6) is 0. The molecule has 0 aromatic heterocycles. The fourth-order valence-corrected chi connectivity index (χ4v) is 1.92. The molecule has 0 saturated heterocycles. The van der Waals surface area contributed by atoms with Crippen LogP contribution in [0.1, 0.15) is 52.9 Å². The minimum absolute atomic E-state index is 0.719. The topological polar surface area (TPSA) is 15.3 Å². The summed E-state index contributed by atoms with van der Waals surface area (Å²) in [6.07, 6.45) is 6.70. The molecule has 2 unspecified atom stereocenters. The Morgan fingerprint density at radius 1 is 1.27 bits per heavy atom. The average molecular weight is 212 g/mol. The summed E-state index contributed by atoms with van der Waals surface area (Å²) in [5.41, 5.74) is 0. The molecule has 2 heteroatoms. The van der Waals surface area contributed by atoms with Crippen LogP contribution in [0.4, 0.5) is 0 Å². The molecule has 15 heavy (non-hydrogen) atoms. The van der Waals surface area contributed by atoms with Gasteiger partial charge < -0.3 is 10.2 Å². The van der Waals surface area contributed by atoms with E-state index in [4.69, 9.17) is 0 Å². The van der Waals surface area contributed by atoms with Gasteiger partial charge in [-0.2, -0.15) is 0 Å². The zero-order chi connectivity index (χ0) is 11.3. The largest absolute Gasteiger partial charge is 0.314 e. The minimum Gasteiger partial charge on any atom is -0.314 e. The van der Waals surface area contributed by atoms with Gasteiger partial charge in [0.1, 0.15) is 0 Å². The fourth-order valence-electron chi connectivity index (χ4n) is 1.92. The van der Waals surface area contributed by atoms with Gasteiger partial charge in [-0.15, -0.1) is 0 Å². The Balaban J connectivity index is 2.02. The highest BCUT2D eigenvalue weighted by Crippen LogP contribution is 2.18. The number of nitrogens with one attached hydrogen (secondary N) is 1. The highest BCUT2D eigenvalue weighted by Gasteiger charge is 2.20. The van der Waals surface area contributed by atoms with Crippen molar-refractivity contribution in [2.24, 2.45) is 0 Å². The van der Waals surface area contributed by atoms with Crippen LogP contribution in [0.2, 0.25) is 0 Å². The van der Waals surface area contributed by atoms with Crippen molar-refractivity contribution in [2.75, 3.05) is 13.6 Å². The lowest BCUT2D eigenvalue weighted by Gasteiger charge is -2.30. The molecule has 0 spiro atoms. The van der Waals surface area contributed by atoms with E-state index in [1.165, 1.54) is 38.6 Å². The number of hydrogen-bond donors (Lipinski definition) is 1. The lowest BCUT2D eigenvalue weighted by atomic mass is 10.1. The summed E-state index contributed by atoms with van der Waals surface area (Å²) in [5, 5.41) is 3.58. The zero-order valence-electron chi connectivity index (χ0n) is 10.9. The molecule has 0 aromatic rings. The second-order valence-electron chi connectivity index (χ2n) is 5.14. The van der Waals surface area contributed by atoms with Crippen LogP contribution in [0.5, 0.6) is 0 Å². The molecule has 1 N–H and O–H groups in total. The van der Waals surface area contributed by atoms with Crippen molar-refractivity contribution in [3.63, 3.8) is 0 Å². The predicted octanol–water partition coefficient (Wildman–Crippen LogP) is 2.64. The van der Waals surface area contributed by atoms with E-state index in [-0.39, 0.29) is 0 Å². The summed E-state index contributed by atoms with van der Waals surface area (Å²) in [7, 11) is 2.26. The molecule has 1 aliphatic rings. The van der Waals surface area contributed by atoms with E-state index in [2.05, 4.69) is 38.0 Å². The van der Waals surface area contributed by atoms with Crippen LogP contribution >= 0.6 is 0 Å². The first-order chi connectivity index (χ1) is 7.15. The van der Waals surface area contributed by atoms with Crippen molar-refractivity contribution in [1.29, 1.82) is 0 Å². The van der Waals surface area contributed by atoms with Gasteiger partial charge in [-0.1, -0.05) is 6.92 Å². The van der Waals surface area contributed by atoms with E-state index in [1.807, 2.05) is 0 Å². The van der Waals surface area contributed by atoms with E-state index in [9.17, 15) is 0 Å². The average Bonchev–Trinajstić information content (AvgIpc) is 3.05. The number of hydrogen-bond acceptors (Lipinski definition) is 2. The molecule has 0 bridgehead atoms. The van der Waals surface area contributed by atoms with Crippen molar-refractivity contribution < 1.29 is 0 Å². The Bertz CT molecular complexity index is 166. The van der Waals surface area contributed by atoms with E-state index in [0.29, 0.717) is 0 Å². The van der Waals surface area contributed by atoms with Crippen molar-refractivity contribution in [2.45, 2.75) is 71.0 Å². The van der Waals surface area contributed by atoms with Gasteiger partial charge in [0.05, 0.1) is 0 Å². The lowest BCUT2D eigenvalue weighted by molar-refractivity contribution is 0.181. The van der Waals surface area contributed by atoms with Crippen molar-refractivity contribution in [3.8, 4) is 0 Å². The van der Waals surface area contributed by atoms with Gasteiger partial charge in [-0.25, -0.2) is 0 Å². The molecular weight excluding hydrogens is 184 g/mol. The summed E-state index contributed by atoms with van der Waals surface area (Å²) in [6, 6.07) is 2.31. The summed E-state index contributed by atoms with van der Waals surface area (Å²) < 4.78 is 0. The molecule has 1 fully saturated rings. The molecule has 1 saturated carbocycles. The molecule has 0 radical (unpaired) electrons. The third kappa shape index (κ3) is 4.98. The molecule has 1 rings (SSSR count). The first-order valence-corrected chi connectivity index (χ1v) is 6.60. The van der Waals surface area contributed by atoms with Gasteiger partial charge in [0.25, 0.3) is 0 Å². The van der Waals surface area contributed by atoms with Gasteiger partial charge >= 0.3 is 0 Å². The van der Waals surface area contributed by atoms with Crippen LogP contribution in [0.3, 0.4) is 0 Å². The normalized spacial score (nSPS) is 20.6. The predicted molar refractivity (Wildman–Crippen MR) is 67.2 cm³/mol. The smallest absolute Gasteiger partial charge is 0.00682 e. The zero-order valence-corrected chi connectivity index (χ0v) is 10.9. The quantitative estimate of drug-likeness (QED) is 0.622. The van der Waals surface area contributed by atoms with Crippen LogP contribution in [-0.4, -0.2) is 36.6 Å². The van der Waals surface area contributed by atoms with Crippen LogP contribution < -0.4 is 5.32 Å². The Labute approximate surface area is 95.4 Å². The van der Waals surface area contributed by atoms with Crippen molar-refractivity contribution in [1.82, 2.24) is 10.2 Å². The number of rotatable bonds is 8. The maximum atomic E-state index is 3.58. The molecule has 0 aliphatic heterocycles. The molecule has 0 aromatic carbocycles. The summed E-state index contributed by atoms with van der Waals surface area (Å²) in [4.78, 5) is 2.51. The van der Waals surface area contributed by atoms with Gasteiger partial charge in [0.2, 0.25) is 0 Å². The Kier molecular flexibility index (Phi) is 5.62. The Hall–Kier alpha value is -0.0800. The first-order valence-electron chi connectivity index (χ1n) is 6.60. The van der Waals surface area contributed by atoms with Gasteiger partial charge in [-0.3, -0.25) is 0 Å². The highest BCUT2D eigenvalue weighted by molar-refractivity contribution is 4.80. The van der Waals surface area contributed by atoms with Gasteiger partial charge in [0, 0.05) is 18.1 Å². The molecule has 2 atom stereocenters. The number of nitrogens with zero attached hydrogens (tertiary/aromatic N) is 1. The summed E-state index contributed by atoms with van der Waals surface area (Å²) >= 11 is 0. The maximum absolute atomic E-state index is 3.58. The van der Waals surface area contributed by atoms with Crippen LogP contribution in [0.15, 0.2) is 0 Å². The van der Waals surface area contributed by atoms with Crippen molar-refractivity contribution in [3.05, 3.63) is 0 Å². The Morgan fingerprint density at radius 2 is 1.93 bits per heavy atom. The molecule has 1 aliphatic carbocycles. The highest BCUT2D eigenvalue weighted by atomic mass is 15.1. The third-order valence-electron chi connectivity index (χ3n) is 3.79.